The van der Waals surface area contributed by atoms with Gasteiger partial charge in [-0.25, -0.2) is 0 Å². The zero-order chi connectivity index (χ0) is 18.0. The Kier molecular flexibility index (Phi) is 5.59. The van der Waals surface area contributed by atoms with Crippen molar-refractivity contribution >= 4 is 30.1 Å². The molecule has 0 aromatic heterocycles. The summed E-state index contributed by atoms with van der Waals surface area (Å²) in [5.41, 5.74) is 1.61. The van der Waals surface area contributed by atoms with Gasteiger partial charge in [0.25, 0.3) is 0 Å². The van der Waals surface area contributed by atoms with Crippen LogP contribution in [0.25, 0.3) is 6.08 Å². The maximum absolute atomic E-state index is 11.4. The molecule has 0 unspecified atom stereocenters. The smallest absolute Gasteiger partial charge is 0.400 e. The Morgan fingerprint density at radius 2 is 1.75 bits per heavy atom. The summed E-state index contributed by atoms with van der Waals surface area (Å²) in [5.74, 6) is 0.506. The molecule has 1 aliphatic rings. The van der Waals surface area contributed by atoms with Gasteiger partial charge in [0.05, 0.1) is 22.8 Å². The molecule has 0 aliphatic carbocycles. The molecule has 1 heterocycles. The number of carbonyl (C=O) groups excluding carboxylic acids is 1. The Morgan fingerprint density at radius 1 is 1.21 bits per heavy atom. The Balaban J connectivity index is 2.29. The second-order valence-electron chi connectivity index (χ2n) is 6.82. The monoisotopic (exact) mass is 343 g/mol. The van der Waals surface area contributed by atoms with Gasteiger partial charge in [0, 0.05) is 12.7 Å². The van der Waals surface area contributed by atoms with Crippen LogP contribution in [0.1, 0.15) is 45.7 Å². The first kappa shape index (κ1) is 18.8. The summed E-state index contributed by atoms with van der Waals surface area (Å²) in [6, 6.07) is 9.40. The first-order valence-corrected chi connectivity index (χ1v) is 8.83. The predicted octanol–water partition coefficient (Wildman–Crippen LogP) is 3.85. The molecule has 126 valence electrons. The van der Waals surface area contributed by atoms with Crippen LogP contribution in [0.4, 0.5) is 0 Å². The minimum absolute atomic E-state index is 0.0530. The van der Waals surface area contributed by atoms with E-state index in [4.69, 9.17) is 14.6 Å². The van der Waals surface area contributed by atoms with Gasteiger partial charge < -0.3 is 9.31 Å². The number of hydrogen-bond donors (Lipinski definition) is 0. The average Bonchev–Trinajstić information content (AvgIpc) is 2.72. The van der Waals surface area contributed by atoms with Crippen molar-refractivity contribution in [2.75, 3.05) is 5.75 Å². The summed E-state index contributed by atoms with van der Waals surface area (Å²) in [5, 5.41) is 8.95. The van der Waals surface area contributed by atoms with Crippen molar-refractivity contribution in [2.24, 2.45) is 0 Å². The molecule has 1 aromatic carbocycles. The van der Waals surface area contributed by atoms with E-state index in [9.17, 15) is 4.79 Å². The Labute approximate surface area is 148 Å². The molecule has 0 saturated carbocycles. The van der Waals surface area contributed by atoms with Gasteiger partial charge in [0.2, 0.25) is 0 Å². The molecular formula is C18H22BNO3S. The van der Waals surface area contributed by atoms with Crippen LogP contribution in [0.3, 0.4) is 0 Å². The van der Waals surface area contributed by atoms with Crippen molar-refractivity contribution in [1.82, 2.24) is 0 Å². The molecule has 0 amide bonds. The number of nitrogens with zero attached hydrogens (tertiary/aromatic N) is 1. The van der Waals surface area contributed by atoms with E-state index < -0.39 is 18.3 Å². The van der Waals surface area contributed by atoms with E-state index in [0.717, 1.165) is 11.0 Å². The van der Waals surface area contributed by atoms with Gasteiger partial charge in [0.15, 0.2) is 5.12 Å². The fourth-order valence-electron chi connectivity index (χ4n) is 2.23. The van der Waals surface area contributed by atoms with Gasteiger partial charge in [-0.3, -0.25) is 4.79 Å². The van der Waals surface area contributed by atoms with E-state index >= 15 is 0 Å². The zero-order valence-electron chi connectivity index (χ0n) is 14.8. The average molecular weight is 343 g/mol. The molecular weight excluding hydrogens is 321 g/mol. The standard InChI is InChI=1S/C18H22BNO3S/c1-13(21)24-12-16(10-14-6-8-15(11-20)9-7-14)19-22-17(2,3)18(4,5)23-19/h6-10H,12H2,1-5H3. The van der Waals surface area contributed by atoms with Crippen LogP contribution < -0.4 is 0 Å². The zero-order valence-corrected chi connectivity index (χ0v) is 15.6. The summed E-state index contributed by atoms with van der Waals surface area (Å²) < 4.78 is 12.2. The van der Waals surface area contributed by atoms with Gasteiger partial charge in [-0.05, 0) is 50.9 Å². The molecule has 0 bridgehead atoms. The van der Waals surface area contributed by atoms with Gasteiger partial charge in [-0.1, -0.05) is 30.0 Å². The first-order valence-electron chi connectivity index (χ1n) is 7.84. The fourth-order valence-corrected chi connectivity index (χ4v) is 2.81. The van der Waals surface area contributed by atoms with Crippen LogP contribution >= 0.6 is 11.8 Å². The molecule has 0 N–H and O–H groups in total. The second kappa shape index (κ2) is 7.14. The number of carbonyl (C=O) groups is 1. The molecule has 1 aromatic rings. The lowest BCUT2D eigenvalue weighted by Gasteiger charge is -2.32. The van der Waals surface area contributed by atoms with Crippen molar-refractivity contribution in [3.63, 3.8) is 0 Å². The molecule has 0 radical (unpaired) electrons. The molecule has 0 spiro atoms. The molecule has 24 heavy (non-hydrogen) atoms. The summed E-state index contributed by atoms with van der Waals surface area (Å²) in [4.78, 5) is 11.4. The molecule has 1 saturated heterocycles. The maximum Gasteiger partial charge on any atom is 0.491 e. The van der Waals surface area contributed by atoms with Crippen LogP contribution in [0.2, 0.25) is 0 Å². The fraction of sp³-hybridized carbons (Fsp3) is 0.444. The lowest BCUT2D eigenvalue weighted by atomic mass is 9.78. The topological polar surface area (TPSA) is 59.3 Å². The molecule has 4 nitrogen and oxygen atoms in total. The van der Waals surface area contributed by atoms with Crippen LogP contribution in [0.15, 0.2) is 29.7 Å². The highest BCUT2D eigenvalue weighted by atomic mass is 32.2. The van der Waals surface area contributed by atoms with E-state index in [1.54, 1.807) is 19.1 Å². The molecule has 1 aliphatic heterocycles. The second-order valence-corrected chi connectivity index (χ2v) is 7.97. The maximum atomic E-state index is 11.4. The number of hydrogen-bond acceptors (Lipinski definition) is 5. The van der Waals surface area contributed by atoms with Crippen molar-refractivity contribution < 1.29 is 14.1 Å². The SMILES string of the molecule is CC(=O)SCC(=Cc1ccc(C#N)cc1)B1OC(C)(C)C(C)(C)O1. The molecule has 2 rings (SSSR count). The van der Waals surface area contributed by atoms with Crippen LogP contribution in [0, 0.1) is 11.3 Å². The Hall–Kier alpha value is -1.55. The lowest BCUT2D eigenvalue weighted by Crippen LogP contribution is -2.41. The minimum Gasteiger partial charge on any atom is -0.400 e. The summed E-state index contributed by atoms with van der Waals surface area (Å²) in [6.07, 6.45) is 1.97. The third-order valence-electron chi connectivity index (χ3n) is 4.39. The van der Waals surface area contributed by atoms with Crippen LogP contribution in [-0.4, -0.2) is 29.2 Å². The third-order valence-corrected chi connectivity index (χ3v) is 5.27. The Morgan fingerprint density at radius 3 is 2.21 bits per heavy atom. The van der Waals surface area contributed by atoms with Gasteiger partial charge in [-0.15, -0.1) is 0 Å². The van der Waals surface area contributed by atoms with E-state index in [0.29, 0.717) is 11.3 Å². The van der Waals surface area contributed by atoms with Gasteiger partial charge in [-0.2, -0.15) is 5.26 Å². The molecule has 0 atom stereocenters. The highest BCUT2D eigenvalue weighted by molar-refractivity contribution is 8.13. The molecule has 1 fully saturated rings. The summed E-state index contributed by atoms with van der Waals surface area (Å²) in [6.45, 7) is 9.57. The number of nitriles is 1. The third kappa shape index (κ3) is 4.30. The van der Waals surface area contributed by atoms with E-state index in [1.165, 1.54) is 11.8 Å². The van der Waals surface area contributed by atoms with Crippen molar-refractivity contribution in [1.29, 1.82) is 5.26 Å². The van der Waals surface area contributed by atoms with Crippen LogP contribution in [-0.2, 0) is 14.1 Å². The largest absolute Gasteiger partial charge is 0.491 e. The van der Waals surface area contributed by atoms with Gasteiger partial charge >= 0.3 is 7.12 Å². The van der Waals surface area contributed by atoms with Crippen molar-refractivity contribution in [3.05, 3.63) is 40.9 Å². The predicted molar refractivity (Wildman–Crippen MR) is 98.4 cm³/mol. The van der Waals surface area contributed by atoms with Crippen LogP contribution in [0.5, 0.6) is 0 Å². The van der Waals surface area contributed by atoms with Gasteiger partial charge in [0.1, 0.15) is 0 Å². The highest BCUT2D eigenvalue weighted by Crippen LogP contribution is 2.39. The normalized spacial score (nSPS) is 19.2. The van der Waals surface area contributed by atoms with Crippen molar-refractivity contribution in [2.45, 2.75) is 45.8 Å². The summed E-state index contributed by atoms with van der Waals surface area (Å²) in [7, 11) is -0.488. The van der Waals surface area contributed by atoms with Crippen molar-refractivity contribution in [3.8, 4) is 6.07 Å². The highest BCUT2D eigenvalue weighted by Gasteiger charge is 2.52. The van der Waals surface area contributed by atoms with E-state index in [-0.39, 0.29) is 5.12 Å². The Bertz CT molecular complexity index is 673. The number of benzene rings is 1. The lowest BCUT2D eigenvalue weighted by molar-refractivity contribution is -0.109. The number of rotatable bonds is 4. The first-order chi connectivity index (χ1) is 11.1. The number of thioether (sulfide) groups is 1. The quantitative estimate of drug-likeness (QED) is 0.777. The van der Waals surface area contributed by atoms with E-state index in [1.807, 2.05) is 45.9 Å². The van der Waals surface area contributed by atoms with E-state index in [2.05, 4.69) is 6.07 Å². The minimum atomic E-state index is -0.488. The summed E-state index contributed by atoms with van der Waals surface area (Å²) >= 11 is 1.23. The molecule has 6 heteroatoms.